The fraction of sp³-hybridized carbons (Fsp3) is 0.688. The van der Waals surface area contributed by atoms with E-state index in [1.165, 1.54) is 14.0 Å². The number of fused-ring (bicyclic) bond motifs is 1. The lowest BCUT2D eigenvalue weighted by molar-refractivity contribution is -0.145. The number of hydrogen-bond acceptors (Lipinski definition) is 7. The van der Waals surface area contributed by atoms with Gasteiger partial charge in [0.05, 0.1) is 13.7 Å². The third kappa shape index (κ3) is 3.83. The Morgan fingerprint density at radius 1 is 1.35 bits per heavy atom. The molecule has 2 aliphatic heterocycles. The summed E-state index contributed by atoms with van der Waals surface area (Å²) in [5.41, 5.74) is 0. The van der Waals surface area contributed by atoms with Crippen LogP contribution in [-0.4, -0.2) is 49.8 Å². The molecular formula is C16H23NO6. The molecule has 2 heterocycles. The molecular weight excluding hydrogens is 302 g/mol. The number of methoxy groups -OCH3 is 1. The first kappa shape index (κ1) is 17.3. The molecule has 7 nitrogen and oxygen atoms in total. The molecule has 0 saturated carbocycles. The van der Waals surface area contributed by atoms with Gasteiger partial charge in [0.1, 0.15) is 18.2 Å². The standard InChI is InChI=1S/C16H23NO6/c1-8(7-21-11(4)18)9(2)15-14-12(22-10(3)17-14)6-13(23-15)16(19)20-5/h6,8-9,12,14-15H,7H2,1-5H3/t8-,9-,12+,14-,15+/m1/s1. The topological polar surface area (TPSA) is 83.4 Å². The van der Waals surface area contributed by atoms with Crippen molar-refractivity contribution in [3.05, 3.63) is 11.8 Å². The van der Waals surface area contributed by atoms with E-state index in [1.54, 1.807) is 13.0 Å². The number of hydrogen-bond donors (Lipinski definition) is 0. The molecule has 0 aromatic heterocycles. The molecule has 2 rings (SSSR count). The molecule has 7 heteroatoms. The van der Waals surface area contributed by atoms with Crippen molar-refractivity contribution in [2.45, 2.75) is 45.9 Å². The van der Waals surface area contributed by atoms with Crippen molar-refractivity contribution in [3.8, 4) is 0 Å². The lowest BCUT2D eigenvalue weighted by Crippen LogP contribution is -2.46. The highest BCUT2D eigenvalue weighted by atomic mass is 16.6. The van der Waals surface area contributed by atoms with E-state index in [0.717, 1.165) is 0 Å². The lowest BCUT2D eigenvalue weighted by atomic mass is 9.84. The number of rotatable bonds is 5. The van der Waals surface area contributed by atoms with Gasteiger partial charge in [0, 0.05) is 25.8 Å². The molecule has 5 atom stereocenters. The van der Waals surface area contributed by atoms with E-state index in [2.05, 4.69) is 4.99 Å². The first-order valence-electron chi connectivity index (χ1n) is 7.64. The number of carbonyl (C=O) groups is 2. The predicted molar refractivity (Wildman–Crippen MR) is 81.7 cm³/mol. The number of carbonyl (C=O) groups excluding carboxylic acids is 2. The summed E-state index contributed by atoms with van der Waals surface area (Å²) in [7, 11) is 1.30. The maximum Gasteiger partial charge on any atom is 0.373 e. The van der Waals surface area contributed by atoms with Gasteiger partial charge in [0.25, 0.3) is 0 Å². The molecule has 0 spiro atoms. The summed E-state index contributed by atoms with van der Waals surface area (Å²) < 4.78 is 21.3. The van der Waals surface area contributed by atoms with E-state index in [-0.39, 0.29) is 48.4 Å². The highest BCUT2D eigenvalue weighted by molar-refractivity contribution is 5.87. The Kier molecular flexibility index (Phi) is 5.28. The van der Waals surface area contributed by atoms with Crippen molar-refractivity contribution in [2.24, 2.45) is 16.8 Å². The largest absolute Gasteiger partial charge is 0.481 e. The van der Waals surface area contributed by atoms with Gasteiger partial charge in [-0.15, -0.1) is 0 Å². The number of nitrogens with zero attached hydrogens (tertiary/aromatic N) is 1. The zero-order valence-electron chi connectivity index (χ0n) is 14.1. The third-order valence-electron chi connectivity index (χ3n) is 4.24. The molecule has 23 heavy (non-hydrogen) atoms. The van der Waals surface area contributed by atoms with Gasteiger partial charge in [-0.3, -0.25) is 4.79 Å². The van der Waals surface area contributed by atoms with Crippen molar-refractivity contribution in [2.75, 3.05) is 13.7 Å². The fourth-order valence-electron chi connectivity index (χ4n) is 2.74. The van der Waals surface area contributed by atoms with Gasteiger partial charge < -0.3 is 18.9 Å². The molecule has 0 unspecified atom stereocenters. The van der Waals surface area contributed by atoms with Gasteiger partial charge in [-0.05, 0) is 5.92 Å². The highest BCUT2D eigenvalue weighted by Gasteiger charge is 2.45. The van der Waals surface area contributed by atoms with Crippen LogP contribution in [0.1, 0.15) is 27.7 Å². The SMILES string of the molecule is COC(=O)C1=C[C@@H]2OC(C)=N[C@H]2[C@H]([C@H](C)[C@H](C)COC(C)=O)O1. The van der Waals surface area contributed by atoms with Gasteiger partial charge in [-0.25, -0.2) is 9.79 Å². The van der Waals surface area contributed by atoms with E-state index in [0.29, 0.717) is 5.90 Å². The van der Waals surface area contributed by atoms with Crippen LogP contribution >= 0.6 is 0 Å². The summed E-state index contributed by atoms with van der Waals surface area (Å²) in [5, 5.41) is 0. The number of ether oxygens (including phenoxy) is 4. The van der Waals surface area contributed by atoms with Gasteiger partial charge in [-0.1, -0.05) is 13.8 Å². The van der Waals surface area contributed by atoms with Crippen LogP contribution in [0.2, 0.25) is 0 Å². The van der Waals surface area contributed by atoms with E-state index in [4.69, 9.17) is 18.9 Å². The second-order valence-electron chi connectivity index (χ2n) is 5.97. The quantitative estimate of drug-likeness (QED) is 0.712. The number of esters is 2. The minimum atomic E-state index is -0.540. The lowest BCUT2D eigenvalue weighted by Gasteiger charge is -2.36. The molecule has 0 aliphatic carbocycles. The van der Waals surface area contributed by atoms with Crippen LogP contribution in [0.4, 0.5) is 0 Å². The smallest absolute Gasteiger partial charge is 0.373 e. The van der Waals surface area contributed by atoms with E-state index >= 15 is 0 Å². The molecule has 0 radical (unpaired) electrons. The first-order valence-corrected chi connectivity index (χ1v) is 7.64. The average Bonchev–Trinajstić information content (AvgIpc) is 2.89. The second-order valence-corrected chi connectivity index (χ2v) is 5.97. The van der Waals surface area contributed by atoms with Crippen molar-refractivity contribution in [1.82, 2.24) is 0 Å². The molecule has 0 bridgehead atoms. The minimum Gasteiger partial charge on any atom is -0.481 e. The molecule has 0 aromatic rings. The Morgan fingerprint density at radius 2 is 2.04 bits per heavy atom. The summed E-state index contributed by atoms with van der Waals surface area (Å²) in [6, 6.07) is -0.224. The van der Waals surface area contributed by atoms with E-state index < -0.39 is 5.97 Å². The van der Waals surface area contributed by atoms with Crippen molar-refractivity contribution in [1.29, 1.82) is 0 Å². The molecule has 128 valence electrons. The second kappa shape index (κ2) is 7.02. The van der Waals surface area contributed by atoms with Crippen LogP contribution in [0.3, 0.4) is 0 Å². The molecule has 0 fully saturated rings. The van der Waals surface area contributed by atoms with E-state index in [1.807, 2.05) is 13.8 Å². The van der Waals surface area contributed by atoms with Gasteiger partial charge in [0.15, 0.2) is 5.90 Å². The average molecular weight is 325 g/mol. The van der Waals surface area contributed by atoms with Crippen LogP contribution in [0.15, 0.2) is 16.8 Å². The Bertz CT molecular complexity index is 541. The summed E-state index contributed by atoms with van der Waals surface area (Å²) in [6.45, 7) is 7.39. The first-order chi connectivity index (χ1) is 10.8. The summed E-state index contributed by atoms with van der Waals surface area (Å²) in [5.74, 6) is -0.127. The molecule has 0 saturated heterocycles. The maximum atomic E-state index is 11.8. The van der Waals surface area contributed by atoms with E-state index in [9.17, 15) is 9.59 Å². The van der Waals surface area contributed by atoms with Crippen LogP contribution in [0, 0.1) is 11.8 Å². The van der Waals surface area contributed by atoms with Crippen LogP contribution < -0.4 is 0 Å². The molecule has 0 amide bonds. The van der Waals surface area contributed by atoms with Crippen LogP contribution in [-0.2, 0) is 28.5 Å². The Labute approximate surface area is 135 Å². The van der Waals surface area contributed by atoms with Crippen molar-refractivity contribution in [3.63, 3.8) is 0 Å². The van der Waals surface area contributed by atoms with Crippen molar-refractivity contribution < 1.29 is 28.5 Å². The number of aliphatic imine (C=N–C) groups is 1. The zero-order chi connectivity index (χ0) is 17.1. The summed E-state index contributed by atoms with van der Waals surface area (Å²) in [4.78, 5) is 27.3. The monoisotopic (exact) mass is 325 g/mol. The van der Waals surface area contributed by atoms with Gasteiger partial charge in [-0.2, -0.15) is 0 Å². The molecule has 0 N–H and O–H groups in total. The molecule has 2 aliphatic rings. The summed E-state index contributed by atoms with van der Waals surface area (Å²) >= 11 is 0. The van der Waals surface area contributed by atoms with Crippen molar-refractivity contribution >= 4 is 17.8 Å². The zero-order valence-corrected chi connectivity index (χ0v) is 14.1. The highest BCUT2D eigenvalue weighted by Crippen LogP contribution is 2.34. The predicted octanol–water partition coefficient (Wildman–Crippen LogP) is 1.46. The Morgan fingerprint density at radius 3 is 2.65 bits per heavy atom. The Balaban J connectivity index is 2.16. The van der Waals surface area contributed by atoms with Crippen LogP contribution in [0.5, 0.6) is 0 Å². The maximum absolute atomic E-state index is 11.8. The minimum absolute atomic E-state index is 0.00606. The molecule has 0 aromatic carbocycles. The fourth-order valence-corrected chi connectivity index (χ4v) is 2.74. The third-order valence-corrected chi connectivity index (χ3v) is 4.24. The normalized spacial score (nSPS) is 28.3. The van der Waals surface area contributed by atoms with Gasteiger partial charge >= 0.3 is 11.9 Å². The summed E-state index contributed by atoms with van der Waals surface area (Å²) in [6.07, 6.45) is 0.907. The van der Waals surface area contributed by atoms with Gasteiger partial charge in [0.2, 0.25) is 5.76 Å². The Hall–Kier alpha value is -2.05. The van der Waals surface area contributed by atoms with Crippen LogP contribution in [0.25, 0.3) is 0 Å².